The normalized spacial score (nSPS) is 8.17. The zero-order valence-electron chi connectivity index (χ0n) is 3.91. The minimum atomic E-state index is 0.892. The van der Waals surface area contributed by atoms with Gasteiger partial charge in [-0.25, -0.2) is 0 Å². The molecular weight excluding hydrogens is 74.1 g/mol. The molecule has 6 heavy (non-hydrogen) atoms. The smallest absolute Gasteiger partial charge is 0.00477 e. The van der Waals surface area contributed by atoms with Gasteiger partial charge in [-0.2, -0.15) is 0 Å². The van der Waals surface area contributed by atoms with Crippen molar-refractivity contribution in [1.29, 1.82) is 5.41 Å². The molecule has 1 radical (unpaired) electrons. The van der Waals surface area contributed by atoms with E-state index in [4.69, 9.17) is 5.41 Å². The van der Waals surface area contributed by atoms with Crippen molar-refractivity contribution in [3.05, 3.63) is 6.92 Å². The molecule has 0 spiro atoms. The average molecular weight is 84.1 g/mol. The molecule has 0 saturated heterocycles. The highest BCUT2D eigenvalue weighted by Gasteiger charge is 1.72. The van der Waals surface area contributed by atoms with Gasteiger partial charge in [0.15, 0.2) is 0 Å². The van der Waals surface area contributed by atoms with Crippen molar-refractivity contribution in [2.45, 2.75) is 19.3 Å². The van der Waals surface area contributed by atoms with Gasteiger partial charge >= 0.3 is 0 Å². The molecule has 0 fully saturated rings. The summed E-state index contributed by atoms with van der Waals surface area (Å²) >= 11 is 0. The van der Waals surface area contributed by atoms with Gasteiger partial charge in [0.2, 0.25) is 0 Å². The maximum Gasteiger partial charge on any atom is -0.00477 e. The Labute approximate surface area is 38.9 Å². The maximum absolute atomic E-state index is 6.55. The fourth-order valence-electron chi connectivity index (χ4n) is 0.246. The molecule has 0 heterocycles. The highest BCUT2D eigenvalue weighted by atomic mass is 14.3. The standard InChI is InChI=1S/C5H10N/c1-2-3-4-5-6/h5-6H,1-4H2. The predicted molar refractivity (Wildman–Crippen MR) is 28.0 cm³/mol. The number of hydrogen-bond acceptors (Lipinski definition) is 1. The van der Waals surface area contributed by atoms with Gasteiger partial charge in [0.25, 0.3) is 0 Å². The SMILES string of the molecule is [CH2]CCCC=N. The van der Waals surface area contributed by atoms with Gasteiger partial charge in [-0.15, -0.1) is 0 Å². The van der Waals surface area contributed by atoms with E-state index in [9.17, 15) is 0 Å². The second kappa shape index (κ2) is 4.67. The first kappa shape index (κ1) is 5.67. The molecule has 0 bridgehead atoms. The summed E-state index contributed by atoms with van der Waals surface area (Å²) in [6.45, 7) is 3.62. The summed E-state index contributed by atoms with van der Waals surface area (Å²) in [7, 11) is 0. The van der Waals surface area contributed by atoms with Crippen LogP contribution in [0.3, 0.4) is 0 Å². The van der Waals surface area contributed by atoms with E-state index in [0.29, 0.717) is 0 Å². The molecule has 1 heteroatoms. The quantitative estimate of drug-likeness (QED) is 0.397. The Morgan fingerprint density at radius 1 is 1.67 bits per heavy atom. The van der Waals surface area contributed by atoms with Crippen LogP contribution in [0.1, 0.15) is 19.3 Å². The first-order valence-corrected chi connectivity index (χ1v) is 2.20. The molecular formula is C5H10N. The van der Waals surface area contributed by atoms with E-state index in [1.807, 2.05) is 0 Å². The van der Waals surface area contributed by atoms with Crippen LogP contribution in [-0.4, -0.2) is 6.21 Å². The Kier molecular flexibility index (Phi) is 4.41. The number of nitrogens with one attached hydrogen (secondary N) is 1. The molecule has 0 aromatic heterocycles. The van der Waals surface area contributed by atoms with Crippen LogP contribution in [0.5, 0.6) is 0 Å². The van der Waals surface area contributed by atoms with Crippen LogP contribution in [0.25, 0.3) is 0 Å². The van der Waals surface area contributed by atoms with Gasteiger partial charge in [-0.1, -0.05) is 13.3 Å². The van der Waals surface area contributed by atoms with E-state index in [1.54, 1.807) is 0 Å². The fourth-order valence-corrected chi connectivity index (χ4v) is 0.246. The molecule has 0 aromatic carbocycles. The summed E-state index contributed by atoms with van der Waals surface area (Å²) in [6.07, 6.45) is 4.33. The second-order valence-corrected chi connectivity index (χ2v) is 1.20. The predicted octanol–water partition coefficient (Wildman–Crippen LogP) is 1.64. The summed E-state index contributed by atoms with van der Waals surface area (Å²) in [5.41, 5.74) is 0. The van der Waals surface area contributed by atoms with Gasteiger partial charge < -0.3 is 5.41 Å². The Hall–Kier alpha value is -0.330. The van der Waals surface area contributed by atoms with Crippen molar-refractivity contribution in [1.82, 2.24) is 0 Å². The Balaban J connectivity index is 2.49. The topological polar surface area (TPSA) is 23.9 Å². The molecule has 1 N–H and O–H groups in total. The molecule has 0 aliphatic carbocycles. The zero-order valence-corrected chi connectivity index (χ0v) is 3.91. The maximum atomic E-state index is 6.55. The van der Waals surface area contributed by atoms with Crippen LogP contribution in [0.4, 0.5) is 0 Å². The molecule has 0 unspecified atom stereocenters. The largest absolute Gasteiger partial charge is 0.313 e. The summed E-state index contributed by atoms with van der Waals surface area (Å²) in [5.74, 6) is 0. The van der Waals surface area contributed by atoms with Crippen LogP contribution >= 0.6 is 0 Å². The van der Waals surface area contributed by atoms with E-state index >= 15 is 0 Å². The van der Waals surface area contributed by atoms with Crippen molar-refractivity contribution in [2.75, 3.05) is 0 Å². The van der Waals surface area contributed by atoms with Gasteiger partial charge in [-0.3, -0.25) is 0 Å². The molecule has 0 amide bonds. The van der Waals surface area contributed by atoms with Crippen molar-refractivity contribution in [2.24, 2.45) is 0 Å². The molecule has 0 atom stereocenters. The number of hydrogen-bond donors (Lipinski definition) is 1. The van der Waals surface area contributed by atoms with Crippen LogP contribution < -0.4 is 0 Å². The van der Waals surface area contributed by atoms with Crippen LogP contribution in [0.2, 0.25) is 0 Å². The van der Waals surface area contributed by atoms with Crippen molar-refractivity contribution in [3.63, 3.8) is 0 Å². The Morgan fingerprint density at radius 2 is 2.33 bits per heavy atom. The summed E-state index contributed by atoms with van der Waals surface area (Å²) < 4.78 is 0. The molecule has 0 rings (SSSR count). The fraction of sp³-hybridized carbons (Fsp3) is 0.600. The van der Waals surface area contributed by atoms with E-state index in [1.165, 1.54) is 6.21 Å². The van der Waals surface area contributed by atoms with Crippen molar-refractivity contribution < 1.29 is 0 Å². The monoisotopic (exact) mass is 84.1 g/mol. The van der Waals surface area contributed by atoms with E-state index in [0.717, 1.165) is 19.3 Å². The third-order valence-corrected chi connectivity index (χ3v) is 0.598. The lowest BCUT2D eigenvalue weighted by Crippen LogP contribution is -1.69. The van der Waals surface area contributed by atoms with E-state index in [-0.39, 0.29) is 0 Å². The number of unbranched alkanes of at least 4 members (excludes halogenated alkanes) is 2. The second-order valence-electron chi connectivity index (χ2n) is 1.20. The van der Waals surface area contributed by atoms with Gasteiger partial charge in [-0.05, 0) is 19.1 Å². The van der Waals surface area contributed by atoms with E-state index in [2.05, 4.69) is 6.92 Å². The van der Waals surface area contributed by atoms with Gasteiger partial charge in [0, 0.05) is 0 Å². The van der Waals surface area contributed by atoms with Crippen molar-refractivity contribution >= 4 is 6.21 Å². The number of rotatable bonds is 3. The summed E-state index contributed by atoms with van der Waals surface area (Å²) in [5, 5.41) is 6.55. The molecule has 0 aliphatic rings. The molecule has 35 valence electrons. The minimum Gasteiger partial charge on any atom is -0.313 e. The van der Waals surface area contributed by atoms with Gasteiger partial charge in [0.1, 0.15) is 0 Å². The highest BCUT2D eigenvalue weighted by molar-refractivity contribution is 5.52. The summed E-state index contributed by atoms with van der Waals surface area (Å²) in [4.78, 5) is 0. The van der Waals surface area contributed by atoms with E-state index < -0.39 is 0 Å². The van der Waals surface area contributed by atoms with Crippen LogP contribution in [-0.2, 0) is 0 Å². The third kappa shape index (κ3) is 3.67. The minimum absolute atomic E-state index is 0.892. The lowest BCUT2D eigenvalue weighted by molar-refractivity contribution is 0.899. The Bertz CT molecular complexity index is 32.9. The average Bonchev–Trinajstić information content (AvgIpc) is 1.61. The van der Waals surface area contributed by atoms with Crippen LogP contribution in [0, 0.1) is 12.3 Å². The lowest BCUT2D eigenvalue weighted by Gasteiger charge is -1.80. The zero-order chi connectivity index (χ0) is 4.83. The molecule has 0 saturated carbocycles. The molecule has 0 aliphatic heterocycles. The van der Waals surface area contributed by atoms with Crippen molar-refractivity contribution in [3.8, 4) is 0 Å². The molecule has 1 nitrogen and oxygen atoms in total. The van der Waals surface area contributed by atoms with Gasteiger partial charge in [0.05, 0.1) is 0 Å². The Morgan fingerprint density at radius 3 is 2.50 bits per heavy atom. The summed E-state index contributed by atoms with van der Waals surface area (Å²) in [6, 6.07) is 0. The third-order valence-electron chi connectivity index (χ3n) is 0.598. The molecule has 0 aromatic rings. The lowest BCUT2D eigenvalue weighted by atomic mass is 10.3. The first-order valence-electron chi connectivity index (χ1n) is 2.20. The van der Waals surface area contributed by atoms with Crippen LogP contribution in [0.15, 0.2) is 0 Å². The first-order chi connectivity index (χ1) is 2.91. The highest BCUT2D eigenvalue weighted by Crippen LogP contribution is 1.86.